The van der Waals surface area contributed by atoms with Crippen LogP contribution in [-0.4, -0.2) is 127 Å². The number of amides is 3. The smallest absolute Gasteiger partial charge is 0.312 e. The van der Waals surface area contributed by atoms with E-state index in [1.54, 1.807) is 141 Å². The molecule has 19 aromatic rings. The molecular formula is C95H80N26O9. The maximum atomic E-state index is 14.5. The number of nitrogens with one attached hydrogen (secondary N) is 9. The number of nitrogen functional groups attached to an aromatic ring is 1. The van der Waals surface area contributed by atoms with Gasteiger partial charge in [-0.15, -0.1) is 0 Å². The Balaban J connectivity index is 0.000000138. The van der Waals surface area contributed by atoms with Crippen LogP contribution < -0.4 is 54.6 Å². The van der Waals surface area contributed by atoms with E-state index in [0.717, 1.165) is 22.2 Å². The third-order valence-corrected chi connectivity index (χ3v) is 21.8. The van der Waals surface area contributed by atoms with E-state index in [9.17, 15) is 33.6 Å². The van der Waals surface area contributed by atoms with E-state index in [2.05, 4.69) is 86.1 Å². The van der Waals surface area contributed by atoms with E-state index in [-0.39, 0.29) is 53.1 Å². The molecule has 10 heterocycles. The van der Waals surface area contributed by atoms with Gasteiger partial charge >= 0.3 is 5.91 Å². The van der Waals surface area contributed by atoms with Crippen molar-refractivity contribution in [2.45, 2.75) is 71.0 Å². The van der Waals surface area contributed by atoms with Gasteiger partial charge in [-0.3, -0.25) is 57.7 Å². The van der Waals surface area contributed by atoms with Gasteiger partial charge in [0, 0.05) is 41.7 Å². The van der Waals surface area contributed by atoms with Crippen molar-refractivity contribution < 1.29 is 29.6 Å². The van der Waals surface area contributed by atoms with Crippen molar-refractivity contribution in [1.29, 1.82) is 0 Å². The van der Waals surface area contributed by atoms with E-state index in [1.165, 1.54) is 30.5 Å². The number of aromatic nitrogens is 19. The van der Waals surface area contributed by atoms with Crippen LogP contribution >= 0.6 is 0 Å². The second-order valence-corrected chi connectivity index (χ2v) is 29.8. The molecule has 0 aliphatic carbocycles. The summed E-state index contributed by atoms with van der Waals surface area (Å²) >= 11 is 0. The predicted octanol–water partition coefficient (Wildman–Crippen LogP) is 14.0. The lowest BCUT2D eigenvalue weighted by atomic mass is 9.99. The third kappa shape index (κ3) is 17.4. The van der Waals surface area contributed by atoms with Crippen molar-refractivity contribution in [2.24, 2.45) is 0 Å². The first-order valence-electron chi connectivity index (χ1n) is 41.3. The zero-order chi connectivity index (χ0) is 89.9. The fourth-order valence-corrected chi connectivity index (χ4v) is 15.4. The molecule has 0 radical (unpaired) electrons. The van der Waals surface area contributed by atoms with Crippen molar-refractivity contribution in [3.05, 3.63) is 351 Å². The normalized spacial score (nSPS) is 11.9. The Morgan fingerprint density at radius 3 is 1.40 bits per heavy atom. The van der Waals surface area contributed by atoms with Gasteiger partial charge < -0.3 is 42.0 Å². The van der Waals surface area contributed by atoms with Gasteiger partial charge in [-0.1, -0.05) is 160 Å². The predicted molar refractivity (Wildman–Crippen MR) is 492 cm³/mol. The van der Waals surface area contributed by atoms with Crippen LogP contribution in [0.1, 0.15) is 118 Å². The van der Waals surface area contributed by atoms with Crippen LogP contribution in [0.15, 0.2) is 289 Å². The van der Waals surface area contributed by atoms with Crippen LogP contribution in [0.5, 0.6) is 0 Å². The number of pyridine rings is 1. The molecule has 0 aliphatic rings. The zero-order valence-corrected chi connectivity index (χ0v) is 69.7. The van der Waals surface area contributed by atoms with Crippen LogP contribution in [0.2, 0.25) is 0 Å². The van der Waals surface area contributed by atoms with Crippen molar-refractivity contribution in [1.82, 2.24) is 104 Å². The largest absolute Gasteiger partial charge is 0.397 e. The molecule has 0 unspecified atom stereocenters. The maximum Gasteiger partial charge on any atom is 0.312 e. The number of anilines is 5. The monoisotopic (exact) mass is 1730 g/mol. The van der Waals surface area contributed by atoms with Gasteiger partial charge in [0.05, 0.1) is 110 Å². The number of hydrogen-bond acceptors (Lipinski definition) is 26. The van der Waals surface area contributed by atoms with Crippen molar-refractivity contribution >= 4 is 118 Å². The van der Waals surface area contributed by atoms with Gasteiger partial charge in [-0.05, 0) is 132 Å². The highest BCUT2D eigenvalue weighted by atomic mass is 16.5. The van der Waals surface area contributed by atoms with Gasteiger partial charge in [0.1, 0.15) is 46.7 Å². The molecule has 35 heteroatoms. The van der Waals surface area contributed by atoms with E-state index in [4.69, 9.17) is 31.1 Å². The Morgan fingerprint density at radius 1 is 0.423 bits per heavy atom. The minimum atomic E-state index is -0.837. The van der Waals surface area contributed by atoms with Crippen molar-refractivity contribution in [2.75, 3.05) is 27.0 Å². The summed E-state index contributed by atoms with van der Waals surface area (Å²) in [5.41, 5.74) is 21.4. The lowest BCUT2D eigenvalue weighted by molar-refractivity contribution is -0.128. The first kappa shape index (κ1) is 84.6. The molecular weight excluding hydrogens is 1650 g/mol. The van der Waals surface area contributed by atoms with Gasteiger partial charge in [0.15, 0.2) is 34.5 Å². The minimum absolute atomic E-state index is 0.0327. The Kier molecular flexibility index (Phi) is 24.6. The fraction of sp³-hybridized carbons (Fsp3) is 0.116. The molecule has 3 atom stereocenters. The quantitative estimate of drug-likeness (QED) is 0.0109. The molecule has 0 saturated carbocycles. The molecule has 0 bridgehead atoms. The molecule has 0 saturated heterocycles. The molecule has 35 nitrogen and oxygen atoms in total. The Bertz CT molecular complexity index is 7630. The number of nitrogens with two attached hydrogens (primary N) is 1. The molecule has 13 N–H and O–H groups in total. The first-order valence-corrected chi connectivity index (χ1v) is 41.3. The van der Waals surface area contributed by atoms with E-state index in [0.29, 0.717) is 171 Å². The number of carbonyl (C=O) groups is 4. The van der Waals surface area contributed by atoms with Crippen molar-refractivity contribution in [3.63, 3.8) is 0 Å². The topological polar surface area (TPSA) is 488 Å². The highest BCUT2D eigenvalue weighted by Gasteiger charge is 2.29. The number of para-hydroxylation sites is 5. The second-order valence-electron chi connectivity index (χ2n) is 29.8. The lowest BCUT2D eigenvalue weighted by Crippen LogP contribution is -2.29. The number of rotatable bonds is 25. The first-order chi connectivity index (χ1) is 63.6. The van der Waals surface area contributed by atoms with Gasteiger partial charge in [0.2, 0.25) is 11.7 Å². The van der Waals surface area contributed by atoms with Crippen LogP contribution in [0, 0.1) is 0 Å². The molecule has 0 aliphatic heterocycles. The molecule has 19 rings (SSSR count). The summed E-state index contributed by atoms with van der Waals surface area (Å²) < 4.78 is 4.85. The molecule has 0 fully saturated rings. The number of imidazole rings is 3. The summed E-state index contributed by atoms with van der Waals surface area (Å²) in [6.07, 6.45) is 14.0. The molecule has 9 aromatic carbocycles. The number of fused-ring (bicyclic) bond motifs is 6. The lowest BCUT2D eigenvalue weighted by Gasteiger charge is -2.22. The van der Waals surface area contributed by atoms with Gasteiger partial charge in [-0.25, -0.2) is 75.8 Å². The van der Waals surface area contributed by atoms with Gasteiger partial charge in [-0.2, -0.15) is 0 Å². The van der Waals surface area contributed by atoms with Crippen molar-refractivity contribution in [3.8, 4) is 39.3 Å². The van der Waals surface area contributed by atoms with Crippen LogP contribution in [0.4, 0.5) is 28.8 Å². The SMILES string of the molecule is CC[C@H](Nc1nccc2[nH]cnc12)c1nc2cccc(CC(=O)c3ccc(C(=O)Nc4ccccc4N)cc3)c2c(=O)n1-c1ccccc1.CC[C@H](Nc1ncnc2nc[nH]c12)c1nc2cccc(-c3ccc(CC(=O)NO)cc3)c2c(=O)n1-c1ccccc1.CC[C@H](Nc1ncnc2nc[nH]c12)c1nc2cccc(-c3cnc(C(=O)NO)nc3)c2c(=O)n1-c1ccccc1. The standard InChI is InChI=1S/C38H32N8O3.C30H26N8O3.C27H22N10O3/c1-2-28(43-35-34-31(19-20-40-35)41-22-42-34)36-44-30-14-8-9-25(33(30)38(49)46(36)26-10-4-3-5-11-26)21-32(47)23-15-17-24(18-16-23)37(48)45-29-13-7-6-12-27(29)39;1-2-22(35-28-26-27(32-16-31-26)33-17-34-28)29-36-23-10-6-9-21(19-13-11-18(12-14-19)15-24(39)37-41)25(23)30(40)38(29)20-7-4-3-5-8-20;1-2-18(34-23-21-22(31-13-30-21)32-14-33-23)25-35-19-10-6-9-17(15-11-28-24(29-12-15)26(38)36-40)20(19)27(39)37(25)16-7-4-3-5-8-16/h3-20,22,28H,2,21,39H2,1H3,(H,40,43)(H,41,42)(H,45,48);3-14,16-17,22,41H,2,15H2,1H3,(H,37,39)(H2,31,32,33,34,35);3-14,18,40H,2H2,1H3,(H,36,38)(H2,30,31,32,33,34)/t28-;22-;18-/m000/s1. The van der Waals surface area contributed by atoms with Crippen LogP contribution in [-0.2, 0) is 17.6 Å². The number of Topliss-reactive ketones (excluding diaryl/α,β-unsaturated/α-hetero) is 1. The maximum absolute atomic E-state index is 14.5. The van der Waals surface area contributed by atoms with Crippen LogP contribution in [0.25, 0.3) is 105 Å². The number of ketones is 1. The highest BCUT2D eigenvalue weighted by Crippen LogP contribution is 2.35. The fourth-order valence-electron chi connectivity index (χ4n) is 15.4. The second kappa shape index (κ2) is 37.8. The van der Waals surface area contributed by atoms with E-state index < -0.39 is 23.9 Å². The number of benzene rings is 9. The van der Waals surface area contributed by atoms with Gasteiger partial charge in [0.25, 0.3) is 22.6 Å². The van der Waals surface area contributed by atoms with E-state index >= 15 is 0 Å². The molecule has 644 valence electrons. The average Bonchev–Trinajstić information content (AvgIpc) is 1.36. The summed E-state index contributed by atoms with van der Waals surface area (Å²) in [5, 5.41) is 32.1. The third-order valence-electron chi connectivity index (χ3n) is 21.8. The summed E-state index contributed by atoms with van der Waals surface area (Å²) in [4.78, 5) is 160. The Morgan fingerprint density at radius 2 is 0.892 bits per heavy atom. The number of nitrogens with zero attached hydrogens (tertiary/aromatic N) is 16. The number of carbonyl (C=O) groups excluding carboxylic acids is 4. The summed E-state index contributed by atoms with van der Waals surface area (Å²) in [6, 6.07) is 65.8. The number of hydrogen-bond donors (Lipinski definition) is 12. The highest BCUT2D eigenvalue weighted by molar-refractivity contribution is 6.07. The summed E-state index contributed by atoms with van der Waals surface area (Å²) in [5.74, 6) is 1.15. The Labute approximate surface area is 737 Å². The zero-order valence-electron chi connectivity index (χ0n) is 69.7. The molecule has 10 aromatic heterocycles. The average molecular weight is 1730 g/mol. The van der Waals surface area contributed by atoms with Crippen LogP contribution in [0.3, 0.4) is 0 Å². The molecule has 3 amide bonds. The molecule has 0 spiro atoms. The van der Waals surface area contributed by atoms with E-state index in [1.807, 2.05) is 148 Å². The number of hydroxylamine groups is 2. The summed E-state index contributed by atoms with van der Waals surface area (Å²) in [6.45, 7) is 6.02. The summed E-state index contributed by atoms with van der Waals surface area (Å²) in [7, 11) is 0. The number of H-pyrrole nitrogens is 3. The Hall–Kier alpha value is -17.6. The molecule has 130 heavy (non-hydrogen) atoms. The number of aromatic amines is 3. The minimum Gasteiger partial charge on any atom is -0.397 e.